The highest BCUT2D eigenvalue weighted by molar-refractivity contribution is 5.56. The third-order valence-electron chi connectivity index (χ3n) is 6.18. The zero-order valence-electron chi connectivity index (χ0n) is 19.5. The molecule has 0 aliphatic heterocycles. The average Bonchev–Trinajstić information content (AvgIpc) is 2.87. The van der Waals surface area contributed by atoms with Crippen molar-refractivity contribution in [3.8, 4) is 6.07 Å². The lowest BCUT2D eigenvalue weighted by atomic mass is 9.92. The lowest BCUT2D eigenvalue weighted by molar-refractivity contribution is -0.109. The number of nitrogens with zero attached hydrogens (tertiary/aromatic N) is 1. The van der Waals surface area contributed by atoms with E-state index in [1.807, 2.05) is 6.92 Å². The highest BCUT2D eigenvalue weighted by atomic mass is 16.1. The Labute approximate surface area is 198 Å². The Kier molecular flexibility index (Phi) is 9.88. The van der Waals surface area contributed by atoms with Crippen LogP contribution in [0.4, 0.5) is 0 Å². The van der Waals surface area contributed by atoms with Gasteiger partial charge in [-0.2, -0.15) is 5.26 Å². The molecule has 0 fully saturated rings. The third-order valence-corrected chi connectivity index (χ3v) is 6.18. The van der Waals surface area contributed by atoms with Gasteiger partial charge < -0.3 is 10.1 Å². The van der Waals surface area contributed by atoms with E-state index in [1.54, 1.807) is 0 Å². The van der Waals surface area contributed by atoms with Crippen LogP contribution < -0.4 is 5.32 Å². The molecule has 3 rings (SSSR count). The average molecular weight is 439 g/mol. The number of nitriles is 1. The first-order valence-electron chi connectivity index (χ1n) is 11.9. The molecule has 0 saturated heterocycles. The summed E-state index contributed by atoms with van der Waals surface area (Å²) in [6.07, 6.45) is 6.64. The Morgan fingerprint density at radius 1 is 0.788 bits per heavy atom. The number of nitrogens with one attached hydrogen (secondary N) is 1. The summed E-state index contributed by atoms with van der Waals surface area (Å²) >= 11 is 0. The minimum Gasteiger partial charge on any atom is -0.307 e. The fourth-order valence-corrected chi connectivity index (χ4v) is 4.09. The summed E-state index contributed by atoms with van der Waals surface area (Å²) in [6.45, 7) is 2.36. The lowest BCUT2D eigenvalue weighted by Gasteiger charge is -2.15. The van der Waals surface area contributed by atoms with Crippen LogP contribution in [-0.4, -0.2) is 18.9 Å². The summed E-state index contributed by atoms with van der Waals surface area (Å²) in [6, 6.07) is 30.3. The molecular weight excluding hydrogens is 404 g/mol. The molecule has 3 nitrogen and oxygen atoms in total. The van der Waals surface area contributed by atoms with E-state index in [4.69, 9.17) is 0 Å². The topological polar surface area (TPSA) is 52.9 Å². The van der Waals surface area contributed by atoms with Gasteiger partial charge >= 0.3 is 0 Å². The molecule has 0 aliphatic rings. The maximum absolute atomic E-state index is 10.8. The summed E-state index contributed by atoms with van der Waals surface area (Å²) in [5.41, 5.74) is 6.83. The molecule has 170 valence electrons. The highest BCUT2D eigenvalue weighted by Crippen LogP contribution is 2.20. The minimum absolute atomic E-state index is 0.0991. The van der Waals surface area contributed by atoms with Gasteiger partial charge in [0.05, 0.1) is 18.0 Å². The van der Waals surface area contributed by atoms with E-state index in [0.717, 1.165) is 44.8 Å². The third kappa shape index (κ3) is 8.33. The Bertz CT molecular complexity index is 1020. The van der Waals surface area contributed by atoms with Gasteiger partial charge in [-0.25, -0.2) is 0 Å². The van der Waals surface area contributed by atoms with Gasteiger partial charge in [0.25, 0.3) is 0 Å². The smallest absolute Gasteiger partial charge is 0.136 e. The maximum atomic E-state index is 10.8. The summed E-state index contributed by atoms with van der Waals surface area (Å²) in [5, 5.41) is 12.6. The predicted octanol–water partition coefficient (Wildman–Crippen LogP) is 5.51. The number of benzene rings is 3. The molecule has 3 aromatic carbocycles. The van der Waals surface area contributed by atoms with E-state index in [0.29, 0.717) is 6.54 Å². The number of hydrogen-bond acceptors (Lipinski definition) is 3. The molecule has 2 unspecified atom stereocenters. The van der Waals surface area contributed by atoms with Crippen molar-refractivity contribution in [3.63, 3.8) is 0 Å². The molecule has 0 bridgehead atoms. The predicted molar refractivity (Wildman–Crippen MR) is 135 cm³/mol. The number of carbonyl (C=O) groups is 1. The van der Waals surface area contributed by atoms with Crippen molar-refractivity contribution < 1.29 is 4.79 Å². The van der Waals surface area contributed by atoms with Crippen LogP contribution >= 0.6 is 0 Å². The second kappa shape index (κ2) is 13.4. The Hall–Kier alpha value is -3.22. The quantitative estimate of drug-likeness (QED) is 0.358. The van der Waals surface area contributed by atoms with E-state index >= 15 is 0 Å². The molecule has 0 radical (unpaired) electrons. The van der Waals surface area contributed by atoms with Gasteiger partial charge in [-0.15, -0.1) is 0 Å². The molecule has 0 aromatic heterocycles. The Morgan fingerprint density at radius 2 is 1.39 bits per heavy atom. The van der Waals surface area contributed by atoms with Gasteiger partial charge in [0.1, 0.15) is 6.29 Å². The molecule has 0 saturated carbocycles. The molecule has 1 N–H and O–H groups in total. The lowest BCUT2D eigenvalue weighted by Crippen LogP contribution is -2.31. The van der Waals surface area contributed by atoms with Gasteiger partial charge in [0, 0.05) is 6.54 Å². The van der Waals surface area contributed by atoms with Crippen molar-refractivity contribution in [1.82, 2.24) is 5.32 Å². The van der Waals surface area contributed by atoms with Crippen molar-refractivity contribution in [2.75, 3.05) is 6.54 Å². The molecule has 0 aliphatic carbocycles. The normalized spacial score (nSPS) is 12.6. The Balaban J connectivity index is 1.67. The number of carbonyl (C=O) groups excluding carboxylic acids is 1. The van der Waals surface area contributed by atoms with Crippen LogP contribution in [0.5, 0.6) is 0 Å². The van der Waals surface area contributed by atoms with Gasteiger partial charge in [0.2, 0.25) is 0 Å². The molecular formula is C30H34N2O. The van der Waals surface area contributed by atoms with Crippen LogP contribution in [0.2, 0.25) is 0 Å². The molecule has 0 spiro atoms. The molecule has 0 amide bonds. The maximum Gasteiger partial charge on any atom is 0.136 e. The van der Waals surface area contributed by atoms with Gasteiger partial charge in [-0.1, -0.05) is 78.9 Å². The second-order valence-corrected chi connectivity index (χ2v) is 8.77. The number of hydrogen-bond donors (Lipinski definition) is 1. The Morgan fingerprint density at radius 3 is 1.97 bits per heavy atom. The first-order chi connectivity index (χ1) is 16.2. The van der Waals surface area contributed by atoms with E-state index in [9.17, 15) is 10.1 Å². The number of aldehydes is 1. The molecule has 3 heteroatoms. The van der Waals surface area contributed by atoms with Crippen LogP contribution in [0.15, 0.2) is 78.9 Å². The molecule has 33 heavy (non-hydrogen) atoms. The number of aryl methyl sites for hydroxylation is 5. The van der Waals surface area contributed by atoms with Crippen LogP contribution in [0.3, 0.4) is 0 Å². The molecule has 2 atom stereocenters. The highest BCUT2D eigenvalue weighted by Gasteiger charge is 2.11. The van der Waals surface area contributed by atoms with E-state index < -0.39 is 0 Å². The number of rotatable bonds is 13. The molecule has 0 heterocycles. The van der Waals surface area contributed by atoms with Crippen molar-refractivity contribution in [2.45, 2.75) is 51.5 Å². The van der Waals surface area contributed by atoms with Gasteiger partial charge in [-0.05, 0) is 73.3 Å². The van der Waals surface area contributed by atoms with Gasteiger partial charge in [0.15, 0.2) is 0 Å². The molecule has 3 aromatic rings. The van der Waals surface area contributed by atoms with Crippen LogP contribution in [0.1, 0.15) is 41.2 Å². The first kappa shape index (κ1) is 24.4. The van der Waals surface area contributed by atoms with E-state index in [2.05, 4.69) is 90.2 Å². The SMILES string of the molecule is CC(C=O)NCC(C#N)CCc1ccc(CCc2ccccc2)c(CCc2ccccc2)c1. The van der Waals surface area contributed by atoms with Crippen LogP contribution in [0, 0.1) is 17.2 Å². The fourth-order valence-electron chi connectivity index (χ4n) is 4.09. The van der Waals surface area contributed by atoms with Crippen LogP contribution in [-0.2, 0) is 36.9 Å². The van der Waals surface area contributed by atoms with Crippen LogP contribution in [0.25, 0.3) is 0 Å². The second-order valence-electron chi connectivity index (χ2n) is 8.77. The largest absolute Gasteiger partial charge is 0.307 e. The van der Waals surface area contributed by atoms with Crippen molar-refractivity contribution in [2.24, 2.45) is 5.92 Å². The summed E-state index contributed by atoms with van der Waals surface area (Å²) < 4.78 is 0. The van der Waals surface area contributed by atoms with Gasteiger partial charge in [-0.3, -0.25) is 0 Å². The fraction of sp³-hybridized carbons (Fsp3) is 0.333. The monoisotopic (exact) mass is 438 g/mol. The minimum atomic E-state index is -0.214. The van der Waals surface area contributed by atoms with Crippen molar-refractivity contribution >= 4 is 6.29 Å². The van der Waals surface area contributed by atoms with Crippen molar-refractivity contribution in [3.05, 3.63) is 107 Å². The zero-order chi connectivity index (χ0) is 23.3. The summed E-state index contributed by atoms with van der Waals surface area (Å²) in [4.78, 5) is 10.8. The summed E-state index contributed by atoms with van der Waals surface area (Å²) in [5.74, 6) is -0.0991. The zero-order valence-corrected chi connectivity index (χ0v) is 19.5. The van der Waals surface area contributed by atoms with E-state index in [-0.39, 0.29) is 12.0 Å². The van der Waals surface area contributed by atoms with Crippen molar-refractivity contribution in [1.29, 1.82) is 5.26 Å². The first-order valence-corrected chi connectivity index (χ1v) is 11.9. The standard InChI is InChI=1S/C30H34N2O/c1-24(23-33)32-22-28(21-31)13-12-27-16-18-29(17-14-25-8-4-2-5-9-25)30(20-27)19-15-26-10-6-3-7-11-26/h2-11,16,18,20,23-24,28,32H,12-15,17,19,22H2,1H3. The summed E-state index contributed by atoms with van der Waals surface area (Å²) in [7, 11) is 0. The van der Waals surface area contributed by atoms with E-state index in [1.165, 1.54) is 27.8 Å².